The number of phenols is 1. The van der Waals surface area contributed by atoms with Crippen LogP contribution in [0.2, 0.25) is 0 Å². The van der Waals surface area contributed by atoms with E-state index in [1.54, 1.807) is 11.4 Å². The first-order valence-electron chi connectivity index (χ1n) is 7.66. The highest BCUT2D eigenvalue weighted by molar-refractivity contribution is 7.94. The van der Waals surface area contributed by atoms with Crippen molar-refractivity contribution in [1.82, 2.24) is 5.32 Å². The monoisotopic (exact) mass is 366 g/mol. The molecule has 1 amide bonds. The average molecular weight is 366 g/mol. The second-order valence-corrected chi connectivity index (χ2v) is 8.58. The Morgan fingerprint density at radius 2 is 1.96 bits per heavy atom. The maximum Gasteiger partial charge on any atom is 0.271 e. The molecule has 3 rings (SSSR count). The van der Waals surface area contributed by atoms with Gasteiger partial charge in [0.1, 0.15) is 9.96 Å². The van der Waals surface area contributed by atoms with E-state index in [0.717, 1.165) is 37.0 Å². The summed E-state index contributed by atoms with van der Waals surface area (Å²) >= 11 is 1.10. The van der Waals surface area contributed by atoms with Crippen molar-refractivity contribution in [2.45, 2.75) is 35.9 Å². The summed E-state index contributed by atoms with van der Waals surface area (Å²) < 4.78 is 26.9. The van der Waals surface area contributed by atoms with Gasteiger partial charge in [0.15, 0.2) is 0 Å². The number of rotatable bonds is 5. The van der Waals surface area contributed by atoms with Crippen LogP contribution in [0, 0.1) is 0 Å². The molecule has 8 heteroatoms. The minimum Gasteiger partial charge on any atom is -0.507 e. The smallest absolute Gasteiger partial charge is 0.271 e. The lowest BCUT2D eigenvalue weighted by Gasteiger charge is -2.13. The highest BCUT2D eigenvalue weighted by atomic mass is 32.2. The molecule has 1 saturated carbocycles. The van der Waals surface area contributed by atoms with Gasteiger partial charge in [-0.3, -0.25) is 9.52 Å². The predicted octanol–water partition coefficient (Wildman–Crippen LogP) is 2.93. The van der Waals surface area contributed by atoms with E-state index in [9.17, 15) is 18.3 Å². The third-order valence-electron chi connectivity index (χ3n) is 3.94. The maximum atomic E-state index is 12.2. The van der Waals surface area contributed by atoms with Gasteiger partial charge in [-0.1, -0.05) is 18.9 Å². The van der Waals surface area contributed by atoms with Crippen LogP contribution >= 0.6 is 11.3 Å². The third-order valence-corrected chi connectivity index (χ3v) is 6.72. The van der Waals surface area contributed by atoms with Crippen LogP contribution in [0.1, 0.15) is 36.0 Å². The predicted molar refractivity (Wildman–Crippen MR) is 93.0 cm³/mol. The molecule has 1 aliphatic rings. The number of aromatic hydroxyl groups is 1. The van der Waals surface area contributed by atoms with Gasteiger partial charge < -0.3 is 10.4 Å². The normalized spacial score (nSPS) is 15.3. The Bertz CT molecular complexity index is 826. The van der Waals surface area contributed by atoms with Gasteiger partial charge in [-0.25, -0.2) is 8.42 Å². The molecule has 6 nitrogen and oxygen atoms in total. The molecule has 0 saturated heterocycles. The molecule has 0 spiro atoms. The van der Waals surface area contributed by atoms with Crippen molar-refractivity contribution in [3.63, 3.8) is 0 Å². The van der Waals surface area contributed by atoms with Gasteiger partial charge in [0, 0.05) is 12.1 Å². The largest absolute Gasteiger partial charge is 0.507 e. The number of phenolic OH excluding ortho intramolecular Hbond substituents is 1. The Hall–Kier alpha value is -2.06. The van der Waals surface area contributed by atoms with Gasteiger partial charge in [-0.05, 0) is 36.4 Å². The molecule has 24 heavy (non-hydrogen) atoms. The first-order chi connectivity index (χ1) is 11.5. The van der Waals surface area contributed by atoms with E-state index in [0.29, 0.717) is 0 Å². The number of carbonyl (C=O) groups excluding carboxylic acids is 1. The lowest BCUT2D eigenvalue weighted by molar-refractivity contribution is 0.0935. The number of nitrogens with one attached hydrogen (secondary N) is 2. The fraction of sp³-hybridized carbons (Fsp3) is 0.312. The van der Waals surface area contributed by atoms with Crippen molar-refractivity contribution in [3.05, 3.63) is 41.3 Å². The number of hydrogen-bond acceptors (Lipinski definition) is 5. The maximum absolute atomic E-state index is 12.2. The molecule has 1 aromatic carbocycles. The molecule has 1 aromatic heterocycles. The van der Waals surface area contributed by atoms with E-state index in [1.807, 2.05) is 0 Å². The van der Waals surface area contributed by atoms with Crippen LogP contribution in [0.4, 0.5) is 5.69 Å². The lowest BCUT2D eigenvalue weighted by atomic mass is 10.1. The molecule has 128 valence electrons. The zero-order chi connectivity index (χ0) is 17.2. The van der Waals surface area contributed by atoms with Gasteiger partial charge in [0.2, 0.25) is 0 Å². The van der Waals surface area contributed by atoms with E-state index in [2.05, 4.69) is 10.0 Å². The third kappa shape index (κ3) is 3.70. The summed E-state index contributed by atoms with van der Waals surface area (Å²) in [6.45, 7) is 0. The zero-order valence-electron chi connectivity index (χ0n) is 12.9. The van der Waals surface area contributed by atoms with Crippen LogP contribution in [0.25, 0.3) is 0 Å². The van der Waals surface area contributed by atoms with Gasteiger partial charge in [0.05, 0.1) is 11.3 Å². The van der Waals surface area contributed by atoms with Crippen molar-refractivity contribution in [1.29, 1.82) is 0 Å². The van der Waals surface area contributed by atoms with Gasteiger partial charge in [-0.15, -0.1) is 11.3 Å². The molecule has 1 heterocycles. The standard InChI is InChI=1S/C16H18N2O4S2/c19-14-10-12(18-24(21,22)15-6-3-9-23-15)7-8-13(14)16(20)17-11-4-1-2-5-11/h3,6-11,18-19H,1-2,4-5H2,(H,17,20). The summed E-state index contributed by atoms with van der Waals surface area (Å²) in [7, 11) is -3.68. The van der Waals surface area contributed by atoms with Gasteiger partial charge in [0.25, 0.3) is 15.9 Å². The first-order valence-corrected chi connectivity index (χ1v) is 10.0. The molecule has 1 fully saturated rings. The molecule has 0 unspecified atom stereocenters. The van der Waals surface area contributed by atoms with E-state index in [4.69, 9.17) is 0 Å². The van der Waals surface area contributed by atoms with E-state index < -0.39 is 10.0 Å². The minimum absolute atomic E-state index is 0.140. The van der Waals surface area contributed by atoms with Gasteiger partial charge >= 0.3 is 0 Å². The SMILES string of the molecule is O=C(NC1CCCC1)c1ccc(NS(=O)(=O)c2cccs2)cc1O. The number of sulfonamides is 1. The second kappa shape index (κ2) is 6.82. The molecule has 0 aliphatic heterocycles. The van der Waals surface area contributed by atoms with Crippen molar-refractivity contribution in [2.75, 3.05) is 4.72 Å². The van der Waals surface area contributed by atoms with Crippen molar-refractivity contribution < 1.29 is 18.3 Å². The number of carbonyl (C=O) groups is 1. The van der Waals surface area contributed by atoms with Gasteiger partial charge in [-0.2, -0.15) is 0 Å². The van der Waals surface area contributed by atoms with Crippen LogP contribution in [0.5, 0.6) is 5.75 Å². The minimum atomic E-state index is -3.68. The van der Waals surface area contributed by atoms with E-state index in [1.165, 1.54) is 24.3 Å². The molecule has 2 aromatic rings. The summed E-state index contributed by atoms with van der Waals surface area (Å²) in [6, 6.07) is 7.42. The summed E-state index contributed by atoms with van der Waals surface area (Å²) in [5.41, 5.74) is 0.347. The van der Waals surface area contributed by atoms with Crippen molar-refractivity contribution >= 4 is 33.0 Å². The lowest BCUT2D eigenvalue weighted by Crippen LogP contribution is -2.32. The molecule has 1 aliphatic carbocycles. The molecule has 0 bridgehead atoms. The molecular weight excluding hydrogens is 348 g/mol. The van der Waals surface area contributed by atoms with Crippen LogP contribution in [-0.4, -0.2) is 25.5 Å². The van der Waals surface area contributed by atoms with Crippen LogP contribution < -0.4 is 10.0 Å². The molecule has 0 radical (unpaired) electrons. The Morgan fingerprint density at radius 1 is 1.21 bits per heavy atom. The number of anilines is 1. The molecule has 0 atom stereocenters. The highest BCUT2D eigenvalue weighted by Gasteiger charge is 2.21. The Morgan fingerprint density at radius 3 is 2.58 bits per heavy atom. The highest BCUT2D eigenvalue weighted by Crippen LogP contribution is 2.26. The Labute approximate surface area is 144 Å². The second-order valence-electron chi connectivity index (χ2n) is 5.72. The summed E-state index contributed by atoms with van der Waals surface area (Å²) in [5, 5.41) is 14.6. The quantitative estimate of drug-likeness (QED) is 0.758. The van der Waals surface area contributed by atoms with E-state index >= 15 is 0 Å². The van der Waals surface area contributed by atoms with Crippen LogP contribution in [-0.2, 0) is 10.0 Å². The Kier molecular flexibility index (Phi) is 4.77. The summed E-state index contributed by atoms with van der Waals surface area (Å²) in [5.74, 6) is -0.594. The fourth-order valence-electron chi connectivity index (χ4n) is 2.74. The fourth-order valence-corrected chi connectivity index (χ4v) is 4.78. The zero-order valence-corrected chi connectivity index (χ0v) is 14.5. The Balaban J connectivity index is 1.73. The van der Waals surface area contributed by atoms with E-state index in [-0.39, 0.29) is 33.2 Å². The van der Waals surface area contributed by atoms with Crippen LogP contribution in [0.3, 0.4) is 0 Å². The van der Waals surface area contributed by atoms with Crippen molar-refractivity contribution in [3.8, 4) is 5.75 Å². The number of amides is 1. The average Bonchev–Trinajstić information content (AvgIpc) is 3.20. The van der Waals surface area contributed by atoms with Crippen LogP contribution in [0.15, 0.2) is 39.9 Å². The first kappa shape index (κ1) is 16.8. The molecule has 3 N–H and O–H groups in total. The number of hydrogen-bond donors (Lipinski definition) is 3. The topological polar surface area (TPSA) is 95.5 Å². The van der Waals surface area contributed by atoms with Crippen molar-refractivity contribution in [2.24, 2.45) is 0 Å². The summed E-state index contributed by atoms with van der Waals surface area (Å²) in [6.07, 6.45) is 4.09. The number of thiophene rings is 1. The number of benzene rings is 1. The molecular formula is C16H18N2O4S2. The summed E-state index contributed by atoms with van der Waals surface area (Å²) in [4.78, 5) is 12.2.